The van der Waals surface area contributed by atoms with Gasteiger partial charge in [0.1, 0.15) is 12.2 Å². The molecular weight excluding hydrogens is 256 g/mol. The topological polar surface area (TPSA) is 79.3 Å². The van der Waals surface area contributed by atoms with Gasteiger partial charge in [-0.15, -0.1) is 0 Å². The van der Waals surface area contributed by atoms with Gasteiger partial charge in [0, 0.05) is 5.22 Å². The van der Waals surface area contributed by atoms with Gasteiger partial charge in [-0.3, -0.25) is 9.59 Å². The smallest absolute Gasteiger partial charge is 0.322 e. The highest BCUT2D eigenvalue weighted by molar-refractivity contribution is 5.94. The van der Waals surface area contributed by atoms with Crippen LogP contribution in [-0.2, 0) is 4.79 Å². The van der Waals surface area contributed by atoms with Gasteiger partial charge in [0.15, 0.2) is 0 Å². The maximum absolute atomic E-state index is 11.7. The van der Waals surface area contributed by atoms with Crippen LogP contribution in [0.5, 0.6) is 0 Å². The highest BCUT2D eigenvalue weighted by Crippen LogP contribution is 1.88. The van der Waals surface area contributed by atoms with E-state index in [1.807, 2.05) is 19.1 Å². The van der Waals surface area contributed by atoms with Gasteiger partial charge in [-0.05, 0) is 19.1 Å². The molecule has 0 saturated carbocycles. The second-order valence-corrected chi connectivity index (χ2v) is 3.84. The highest BCUT2D eigenvalue weighted by Gasteiger charge is 2.08. The lowest BCUT2D eigenvalue weighted by molar-refractivity contribution is -0.135. The number of carbonyl (C=O) groups excluding carboxylic acids is 1. The molecule has 20 heavy (non-hydrogen) atoms. The summed E-state index contributed by atoms with van der Waals surface area (Å²) in [6, 6.07) is 3.28. The number of hydrogen-bond donors (Lipinski definition) is 2. The Balaban J connectivity index is 3.19. The maximum Gasteiger partial charge on any atom is 0.322 e. The van der Waals surface area contributed by atoms with E-state index < -0.39 is 18.4 Å². The molecule has 1 aromatic rings. The van der Waals surface area contributed by atoms with E-state index in [2.05, 4.69) is 16.9 Å². The van der Waals surface area contributed by atoms with Crippen LogP contribution in [0, 0.1) is 0 Å². The molecule has 0 aliphatic rings. The summed E-state index contributed by atoms with van der Waals surface area (Å²) in [4.78, 5) is 26.4. The van der Waals surface area contributed by atoms with E-state index in [0.29, 0.717) is 5.35 Å². The standard InChI is InChI=1S/C15H16N2O3/c1-3-5-7-12-11(6-4-2)8-9-13(17-12)15(20)16-10-14(18)19/h3-9H,2,10H2,1H3,(H,16,20)(H,18,19)/b5-3-,11-6-,12-7+. The van der Waals surface area contributed by atoms with Crippen molar-refractivity contribution in [2.45, 2.75) is 6.92 Å². The summed E-state index contributed by atoms with van der Waals surface area (Å²) in [6.07, 6.45) is 8.83. The van der Waals surface area contributed by atoms with Crippen LogP contribution in [0.1, 0.15) is 17.4 Å². The van der Waals surface area contributed by atoms with Crippen molar-refractivity contribution in [1.29, 1.82) is 0 Å². The first-order valence-corrected chi connectivity index (χ1v) is 6.01. The van der Waals surface area contributed by atoms with Crippen LogP contribution in [-0.4, -0.2) is 28.5 Å². The van der Waals surface area contributed by atoms with E-state index in [0.717, 1.165) is 5.22 Å². The van der Waals surface area contributed by atoms with Crippen molar-refractivity contribution >= 4 is 24.0 Å². The Labute approximate surface area is 116 Å². The zero-order valence-corrected chi connectivity index (χ0v) is 11.2. The van der Waals surface area contributed by atoms with E-state index in [-0.39, 0.29) is 5.69 Å². The number of rotatable bonds is 5. The molecule has 0 radical (unpaired) electrons. The number of aromatic nitrogens is 1. The number of carboxylic acid groups (broad SMARTS) is 1. The van der Waals surface area contributed by atoms with Crippen LogP contribution < -0.4 is 15.9 Å². The Bertz CT molecular complexity index is 660. The van der Waals surface area contributed by atoms with Gasteiger partial charge < -0.3 is 10.4 Å². The Morgan fingerprint density at radius 1 is 1.40 bits per heavy atom. The van der Waals surface area contributed by atoms with Crippen molar-refractivity contribution in [1.82, 2.24) is 10.3 Å². The van der Waals surface area contributed by atoms with Crippen molar-refractivity contribution in [3.05, 3.63) is 53.2 Å². The Hall–Kier alpha value is -2.69. The predicted octanol–water partition coefficient (Wildman–Crippen LogP) is 0.219. The molecular formula is C15H16N2O3. The third kappa shape index (κ3) is 4.53. The molecule has 1 aromatic heterocycles. The van der Waals surface area contributed by atoms with Gasteiger partial charge in [-0.2, -0.15) is 0 Å². The molecule has 0 unspecified atom stereocenters. The number of allylic oxidation sites excluding steroid dienone is 3. The third-order valence-electron chi connectivity index (χ3n) is 2.33. The lowest BCUT2D eigenvalue weighted by Crippen LogP contribution is -2.34. The molecule has 0 aliphatic heterocycles. The van der Waals surface area contributed by atoms with Gasteiger partial charge >= 0.3 is 5.97 Å². The first kappa shape index (κ1) is 15.4. The van der Waals surface area contributed by atoms with Crippen LogP contribution in [0.4, 0.5) is 0 Å². The Morgan fingerprint density at radius 2 is 2.15 bits per heavy atom. The summed E-state index contributed by atoms with van der Waals surface area (Å²) >= 11 is 0. The Kier molecular flexibility index (Phi) is 5.90. The van der Waals surface area contributed by atoms with Crippen molar-refractivity contribution in [2.24, 2.45) is 0 Å². The fourth-order valence-electron chi connectivity index (χ4n) is 1.45. The second-order valence-electron chi connectivity index (χ2n) is 3.84. The van der Waals surface area contributed by atoms with E-state index in [9.17, 15) is 9.59 Å². The van der Waals surface area contributed by atoms with Crippen molar-refractivity contribution in [3.8, 4) is 0 Å². The quantitative estimate of drug-likeness (QED) is 0.803. The molecule has 2 N–H and O–H groups in total. The highest BCUT2D eigenvalue weighted by atomic mass is 16.4. The molecule has 0 bridgehead atoms. The van der Waals surface area contributed by atoms with Crippen LogP contribution >= 0.6 is 0 Å². The van der Waals surface area contributed by atoms with Gasteiger partial charge in [0.25, 0.3) is 5.91 Å². The van der Waals surface area contributed by atoms with E-state index in [1.54, 1.807) is 30.4 Å². The van der Waals surface area contributed by atoms with Crippen molar-refractivity contribution in [2.75, 3.05) is 6.54 Å². The second kappa shape index (κ2) is 7.68. The molecule has 5 heteroatoms. The van der Waals surface area contributed by atoms with E-state index >= 15 is 0 Å². The molecule has 0 atom stereocenters. The molecule has 104 valence electrons. The molecule has 0 aromatic carbocycles. The fourth-order valence-corrected chi connectivity index (χ4v) is 1.45. The van der Waals surface area contributed by atoms with Crippen LogP contribution in [0.15, 0.2) is 36.9 Å². The maximum atomic E-state index is 11.7. The molecule has 1 amide bonds. The lowest BCUT2D eigenvalue weighted by atomic mass is 10.2. The average Bonchev–Trinajstić information content (AvgIpc) is 2.43. The molecule has 0 saturated heterocycles. The van der Waals surface area contributed by atoms with Crippen LogP contribution in [0.2, 0.25) is 0 Å². The minimum Gasteiger partial charge on any atom is -0.480 e. The minimum absolute atomic E-state index is 0.170. The van der Waals surface area contributed by atoms with Crippen molar-refractivity contribution < 1.29 is 14.7 Å². The van der Waals surface area contributed by atoms with Crippen LogP contribution in [0.3, 0.4) is 0 Å². The first-order chi connectivity index (χ1) is 9.58. The molecule has 1 heterocycles. The van der Waals surface area contributed by atoms with Gasteiger partial charge in [-0.25, -0.2) is 4.98 Å². The minimum atomic E-state index is -1.10. The summed E-state index contributed by atoms with van der Waals surface area (Å²) in [6.45, 7) is 5.06. The number of pyridine rings is 1. The van der Waals surface area contributed by atoms with E-state index in [1.165, 1.54) is 0 Å². The average molecular weight is 272 g/mol. The number of carbonyl (C=O) groups is 2. The molecule has 0 spiro atoms. The summed E-state index contributed by atoms with van der Waals surface area (Å²) in [7, 11) is 0. The largest absolute Gasteiger partial charge is 0.480 e. The summed E-state index contributed by atoms with van der Waals surface area (Å²) in [5.41, 5.74) is 0.170. The fraction of sp³-hybridized carbons (Fsp3) is 0.133. The van der Waals surface area contributed by atoms with Gasteiger partial charge in [0.05, 0.1) is 5.35 Å². The zero-order valence-electron chi connectivity index (χ0n) is 11.2. The predicted molar refractivity (Wildman–Crippen MR) is 77.4 cm³/mol. The zero-order chi connectivity index (χ0) is 15.0. The number of carboxylic acids is 1. The van der Waals surface area contributed by atoms with Gasteiger partial charge in [-0.1, -0.05) is 36.9 Å². The number of hydrogen-bond acceptors (Lipinski definition) is 3. The van der Waals surface area contributed by atoms with Crippen molar-refractivity contribution in [3.63, 3.8) is 0 Å². The summed E-state index contributed by atoms with van der Waals surface area (Å²) in [5.74, 6) is -1.62. The number of nitrogens with zero attached hydrogens (tertiary/aromatic N) is 1. The lowest BCUT2D eigenvalue weighted by Gasteiger charge is -2.01. The summed E-state index contributed by atoms with van der Waals surface area (Å²) in [5, 5.41) is 12.2. The van der Waals surface area contributed by atoms with Crippen LogP contribution in [0.25, 0.3) is 12.2 Å². The first-order valence-electron chi connectivity index (χ1n) is 6.01. The monoisotopic (exact) mass is 272 g/mol. The number of nitrogens with one attached hydrogen (secondary N) is 1. The molecule has 5 nitrogen and oxygen atoms in total. The number of amides is 1. The SMILES string of the molecule is C=C/C=c1/ccc(C(=O)NCC(=O)O)n/c1=C/C=C\C. The third-order valence-corrected chi connectivity index (χ3v) is 2.33. The normalized spacial score (nSPS) is 12.7. The number of aliphatic carboxylic acids is 1. The molecule has 0 aliphatic carbocycles. The molecule has 0 fully saturated rings. The summed E-state index contributed by atoms with van der Waals surface area (Å²) < 4.78 is 0. The van der Waals surface area contributed by atoms with Gasteiger partial charge in [0.2, 0.25) is 0 Å². The Morgan fingerprint density at radius 3 is 2.75 bits per heavy atom. The molecule has 1 rings (SSSR count). The van der Waals surface area contributed by atoms with E-state index in [4.69, 9.17) is 5.11 Å².